The molecule has 3 heterocycles. The fraction of sp³-hybridized carbons (Fsp3) is 0.273. The normalized spacial score (nSPS) is 11.3. The lowest BCUT2D eigenvalue weighted by molar-refractivity contribution is 0.734. The zero-order valence-electron chi connectivity index (χ0n) is 10.4. The van der Waals surface area contributed by atoms with Crippen molar-refractivity contribution in [2.24, 2.45) is 12.8 Å². The van der Waals surface area contributed by atoms with E-state index in [4.69, 9.17) is 5.73 Å². The van der Waals surface area contributed by atoms with Gasteiger partial charge in [-0.25, -0.2) is 9.97 Å². The van der Waals surface area contributed by atoms with Crippen LogP contribution < -0.4 is 5.73 Å². The minimum absolute atomic E-state index is 0.391. The Morgan fingerprint density at radius 1 is 1.37 bits per heavy atom. The van der Waals surface area contributed by atoms with Gasteiger partial charge in [0.15, 0.2) is 5.16 Å². The molecule has 0 fully saturated rings. The molecule has 0 atom stereocenters. The number of imidazole rings is 1. The van der Waals surface area contributed by atoms with Crippen molar-refractivity contribution in [2.75, 3.05) is 0 Å². The number of rotatable bonds is 4. The molecule has 7 nitrogen and oxygen atoms in total. The Morgan fingerprint density at radius 3 is 3.00 bits per heavy atom. The number of aromatic nitrogens is 6. The van der Waals surface area contributed by atoms with Gasteiger partial charge in [-0.05, 0) is 6.07 Å². The molecule has 0 radical (unpaired) electrons. The second-order valence-electron chi connectivity index (χ2n) is 4.01. The monoisotopic (exact) mass is 275 g/mol. The second kappa shape index (κ2) is 4.98. The molecule has 0 spiro atoms. The van der Waals surface area contributed by atoms with Crippen molar-refractivity contribution in [3.8, 4) is 0 Å². The van der Waals surface area contributed by atoms with E-state index < -0.39 is 0 Å². The molecule has 0 unspecified atom stereocenters. The highest BCUT2D eigenvalue weighted by Gasteiger charge is 2.09. The van der Waals surface area contributed by atoms with Crippen LogP contribution in [-0.4, -0.2) is 29.1 Å². The van der Waals surface area contributed by atoms with E-state index >= 15 is 0 Å². The Morgan fingerprint density at radius 2 is 2.26 bits per heavy atom. The van der Waals surface area contributed by atoms with Gasteiger partial charge in [-0.1, -0.05) is 11.8 Å². The predicted octanol–water partition coefficient (Wildman–Crippen LogP) is 0.609. The quantitative estimate of drug-likeness (QED) is 0.702. The van der Waals surface area contributed by atoms with Gasteiger partial charge in [0.1, 0.15) is 5.82 Å². The highest BCUT2D eigenvalue weighted by Crippen LogP contribution is 2.20. The summed E-state index contributed by atoms with van der Waals surface area (Å²) in [5.41, 5.74) is 6.52. The van der Waals surface area contributed by atoms with Gasteiger partial charge in [0, 0.05) is 31.4 Å². The summed E-state index contributed by atoms with van der Waals surface area (Å²) in [5.74, 6) is 2.21. The van der Waals surface area contributed by atoms with Crippen LogP contribution in [0.15, 0.2) is 29.8 Å². The molecule has 3 aromatic rings. The number of hydrogen-bond donors (Lipinski definition) is 1. The molecule has 2 N–H and O–H groups in total. The molecule has 0 aromatic carbocycles. The number of hydrogen-bond acceptors (Lipinski definition) is 6. The number of nitrogens with zero attached hydrogens (tertiary/aromatic N) is 6. The van der Waals surface area contributed by atoms with Gasteiger partial charge in [-0.2, -0.15) is 0 Å². The SMILES string of the molecule is Cn1c(CN)nnc1SCc1cn2cccnc2n1. The Bertz CT molecular complexity index is 669. The van der Waals surface area contributed by atoms with Crippen LogP contribution in [0.1, 0.15) is 11.5 Å². The van der Waals surface area contributed by atoms with Gasteiger partial charge in [0.05, 0.1) is 12.2 Å². The summed E-state index contributed by atoms with van der Waals surface area (Å²) >= 11 is 1.58. The molecule has 0 amide bonds. The van der Waals surface area contributed by atoms with E-state index in [9.17, 15) is 0 Å². The molecule has 0 saturated heterocycles. The summed E-state index contributed by atoms with van der Waals surface area (Å²) in [6.45, 7) is 0.391. The Balaban J connectivity index is 1.76. The van der Waals surface area contributed by atoms with Crippen LogP contribution in [0.25, 0.3) is 5.78 Å². The lowest BCUT2D eigenvalue weighted by Crippen LogP contribution is -2.05. The molecule has 0 bridgehead atoms. The van der Waals surface area contributed by atoms with Crippen molar-refractivity contribution in [3.05, 3.63) is 36.2 Å². The maximum absolute atomic E-state index is 5.57. The maximum Gasteiger partial charge on any atom is 0.233 e. The third kappa shape index (κ3) is 2.32. The molecule has 3 rings (SSSR count). The predicted molar refractivity (Wildman–Crippen MR) is 71.4 cm³/mol. The van der Waals surface area contributed by atoms with Crippen LogP contribution in [0.3, 0.4) is 0 Å². The summed E-state index contributed by atoms with van der Waals surface area (Å²) in [6, 6.07) is 1.88. The largest absolute Gasteiger partial charge is 0.324 e. The minimum Gasteiger partial charge on any atom is -0.324 e. The molecule has 3 aromatic heterocycles. The van der Waals surface area contributed by atoms with Crippen molar-refractivity contribution < 1.29 is 0 Å². The van der Waals surface area contributed by atoms with E-state index in [1.54, 1.807) is 18.0 Å². The highest BCUT2D eigenvalue weighted by atomic mass is 32.2. The second-order valence-corrected chi connectivity index (χ2v) is 4.95. The molecule has 0 aliphatic rings. The third-order valence-corrected chi connectivity index (χ3v) is 3.80. The number of nitrogens with two attached hydrogens (primary N) is 1. The molecule has 8 heteroatoms. The van der Waals surface area contributed by atoms with E-state index in [-0.39, 0.29) is 0 Å². The van der Waals surface area contributed by atoms with E-state index in [0.717, 1.165) is 22.4 Å². The van der Waals surface area contributed by atoms with Gasteiger partial charge < -0.3 is 10.3 Å². The minimum atomic E-state index is 0.391. The van der Waals surface area contributed by atoms with E-state index in [1.165, 1.54) is 0 Å². The average molecular weight is 275 g/mol. The molecule has 0 aliphatic carbocycles. The van der Waals surface area contributed by atoms with Crippen molar-refractivity contribution in [1.29, 1.82) is 0 Å². The number of thioether (sulfide) groups is 1. The van der Waals surface area contributed by atoms with Crippen molar-refractivity contribution >= 4 is 17.5 Å². The summed E-state index contributed by atoms with van der Waals surface area (Å²) < 4.78 is 3.80. The first-order valence-electron chi connectivity index (χ1n) is 5.77. The molecule has 0 aliphatic heterocycles. The smallest absolute Gasteiger partial charge is 0.233 e. The standard InChI is InChI=1S/C11H13N7S/c1-17-9(5-12)15-16-11(17)19-7-8-6-18-4-2-3-13-10(18)14-8/h2-4,6H,5,7,12H2,1H3. The Hall–Kier alpha value is -1.93. The average Bonchev–Trinajstić information content (AvgIpc) is 2.99. The lowest BCUT2D eigenvalue weighted by Gasteiger charge is -2.00. The Kier molecular flexibility index (Phi) is 3.18. The van der Waals surface area contributed by atoms with Crippen molar-refractivity contribution in [3.63, 3.8) is 0 Å². The van der Waals surface area contributed by atoms with E-state index in [2.05, 4.69) is 20.2 Å². The summed E-state index contributed by atoms with van der Waals surface area (Å²) in [7, 11) is 1.91. The first-order chi connectivity index (χ1) is 9.28. The molecular weight excluding hydrogens is 262 g/mol. The number of fused-ring (bicyclic) bond motifs is 1. The topological polar surface area (TPSA) is 86.9 Å². The van der Waals surface area contributed by atoms with E-state index in [0.29, 0.717) is 12.3 Å². The van der Waals surface area contributed by atoms with Crippen LogP contribution in [0.4, 0.5) is 0 Å². The summed E-state index contributed by atoms with van der Waals surface area (Å²) in [6.07, 6.45) is 5.63. The molecule has 19 heavy (non-hydrogen) atoms. The fourth-order valence-corrected chi connectivity index (χ4v) is 2.55. The summed E-state index contributed by atoms with van der Waals surface area (Å²) in [5, 5.41) is 8.96. The van der Waals surface area contributed by atoms with Crippen LogP contribution in [0.5, 0.6) is 0 Å². The van der Waals surface area contributed by atoms with Gasteiger partial charge in [0.25, 0.3) is 0 Å². The molecular formula is C11H13N7S. The third-order valence-electron chi connectivity index (χ3n) is 2.74. The maximum atomic E-state index is 5.57. The van der Waals surface area contributed by atoms with E-state index in [1.807, 2.05) is 34.5 Å². The first-order valence-corrected chi connectivity index (χ1v) is 6.76. The zero-order valence-corrected chi connectivity index (χ0v) is 11.2. The van der Waals surface area contributed by atoms with Crippen molar-refractivity contribution in [1.82, 2.24) is 29.1 Å². The van der Waals surface area contributed by atoms with Gasteiger partial charge >= 0.3 is 0 Å². The van der Waals surface area contributed by atoms with Crippen LogP contribution in [-0.2, 0) is 19.3 Å². The van der Waals surface area contributed by atoms with Gasteiger partial charge in [-0.15, -0.1) is 10.2 Å². The van der Waals surface area contributed by atoms with Gasteiger partial charge in [0.2, 0.25) is 5.78 Å². The molecule has 0 saturated carbocycles. The van der Waals surface area contributed by atoms with Crippen LogP contribution in [0, 0.1) is 0 Å². The van der Waals surface area contributed by atoms with Crippen LogP contribution in [0.2, 0.25) is 0 Å². The lowest BCUT2D eigenvalue weighted by atomic mass is 10.6. The van der Waals surface area contributed by atoms with Gasteiger partial charge in [-0.3, -0.25) is 4.40 Å². The molecule has 98 valence electrons. The van der Waals surface area contributed by atoms with Crippen molar-refractivity contribution in [2.45, 2.75) is 17.5 Å². The first kappa shape index (κ1) is 12.1. The highest BCUT2D eigenvalue weighted by molar-refractivity contribution is 7.98. The zero-order chi connectivity index (χ0) is 13.2. The summed E-state index contributed by atoms with van der Waals surface area (Å²) in [4.78, 5) is 8.62. The fourth-order valence-electron chi connectivity index (χ4n) is 1.74. The van der Waals surface area contributed by atoms with Crippen LogP contribution >= 0.6 is 11.8 Å². The Labute approximate surface area is 113 Å².